The molecule has 0 bridgehead atoms. The summed E-state index contributed by atoms with van der Waals surface area (Å²) < 4.78 is 0. The highest BCUT2D eigenvalue weighted by atomic mass is 32.1. The number of carbonyl (C=O) groups is 2. The number of thiophene rings is 1. The number of rotatable bonds is 7. The number of carbonyl (C=O) groups excluding carboxylic acids is 2. The van der Waals surface area contributed by atoms with Gasteiger partial charge in [-0.05, 0) is 17.4 Å². The Bertz CT molecular complexity index is 432. The Balaban J connectivity index is 2.53. The van der Waals surface area contributed by atoms with Crippen LogP contribution in [0.25, 0.3) is 0 Å². The molecular weight excluding hydrogens is 276 g/mol. The Morgan fingerprint density at radius 3 is 2.60 bits per heavy atom. The Morgan fingerprint density at radius 1 is 1.40 bits per heavy atom. The smallest absolute Gasteiger partial charge is 0.222 e. The molecule has 5 nitrogen and oxygen atoms in total. The van der Waals surface area contributed by atoms with Gasteiger partial charge in [0.1, 0.15) is 0 Å². The van der Waals surface area contributed by atoms with Crippen molar-refractivity contribution in [3.8, 4) is 0 Å². The van der Waals surface area contributed by atoms with Crippen molar-refractivity contribution < 1.29 is 14.7 Å². The quantitative estimate of drug-likeness (QED) is 0.713. The van der Waals surface area contributed by atoms with Gasteiger partial charge < -0.3 is 15.7 Å². The lowest BCUT2D eigenvalue weighted by molar-refractivity contribution is -0.123. The second-order valence-electron chi connectivity index (χ2n) is 5.09. The van der Waals surface area contributed by atoms with Crippen LogP contribution in [0.4, 0.5) is 0 Å². The molecule has 20 heavy (non-hydrogen) atoms. The lowest BCUT2D eigenvalue weighted by Crippen LogP contribution is -2.37. The van der Waals surface area contributed by atoms with Gasteiger partial charge in [0.2, 0.25) is 11.8 Å². The minimum Gasteiger partial charge on any atom is -0.391 e. The van der Waals surface area contributed by atoms with Crippen molar-refractivity contribution in [1.29, 1.82) is 0 Å². The van der Waals surface area contributed by atoms with Gasteiger partial charge in [0.05, 0.1) is 18.6 Å². The minimum atomic E-state index is -0.556. The molecule has 0 aromatic carbocycles. The number of amides is 2. The molecule has 2 atom stereocenters. The highest BCUT2D eigenvalue weighted by Crippen LogP contribution is 2.21. The molecular formula is C14H22N2O3S. The van der Waals surface area contributed by atoms with E-state index in [-0.39, 0.29) is 36.7 Å². The third-order valence-electron chi connectivity index (χ3n) is 2.93. The Kier molecular flexibility index (Phi) is 6.67. The third-order valence-corrected chi connectivity index (χ3v) is 3.92. The molecule has 0 saturated heterocycles. The maximum Gasteiger partial charge on any atom is 0.222 e. The van der Waals surface area contributed by atoms with Crippen LogP contribution in [0.2, 0.25) is 0 Å². The van der Waals surface area contributed by atoms with E-state index in [2.05, 4.69) is 10.6 Å². The van der Waals surface area contributed by atoms with Gasteiger partial charge in [0.15, 0.2) is 0 Å². The largest absolute Gasteiger partial charge is 0.391 e. The molecule has 1 aromatic heterocycles. The fourth-order valence-electron chi connectivity index (χ4n) is 1.67. The van der Waals surface area contributed by atoms with Crippen LogP contribution in [0.15, 0.2) is 17.5 Å². The average molecular weight is 298 g/mol. The first-order chi connectivity index (χ1) is 9.40. The molecule has 0 aliphatic rings. The summed E-state index contributed by atoms with van der Waals surface area (Å²) in [5.41, 5.74) is 0. The van der Waals surface area contributed by atoms with Crippen molar-refractivity contribution >= 4 is 23.2 Å². The van der Waals surface area contributed by atoms with Gasteiger partial charge in [-0.25, -0.2) is 0 Å². The van der Waals surface area contributed by atoms with Gasteiger partial charge in [-0.1, -0.05) is 19.9 Å². The zero-order chi connectivity index (χ0) is 15.1. The summed E-state index contributed by atoms with van der Waals surface area (Å²) in [5.74, 6) is -0.256. The van der Waals surface area contributed by atoms with Crippen LogP contribution in [-0.2, 0) is 9.59 Å². The first-order valence-corrected chi connectivity index (χ1v) is 7.53. The molecule has 0 spiro atoms. The lowest BCUT2D eigenvalue weighted by Gasteiger charge is -2.18. The van der Waals surface area contributed by atoms with Crippen molar-refractivity contribution in [2.45, 2.75) is 39.3 Å². The highest BCUT2D eigenvalue weighted by Gasteiger charge is 2.19. The fraction of sp³-hybridized carbons (Fsp3) is 0.571. The van der Waals surface area contributed by atoms with E-state index in [9.17, 15) is 14.7 Å². The first-order valence-electron chi connectivity index (χ1n) is 6.65. The minimum absolute atomic E-state index is 0.0961. The summed E-state index contributed by atoms with van der Waals surface area (Å²) >= 11 is 1.50. The zero-order valence-corrected chi connectivity index (χ0v) is 12.9. The van der Waals surface area contributed by atoms with Gasteiger partial charge >= 0.3 is 0 Å². The fourth-order valence-corrected chi connectivity index (χ4v) is 2.45. The highest BCUT2D eigenvalue weighted by molar-refractivity contribution is 7.10. The number of hydrogen-bond acceptors (Lipinski definition) is 4. The molecule has 2 unspecified atom stereocenters. The van der Waals surface area contributed by atoms with E-state index in [1.165, 1.54) is 18.3 Å². The van der Waals surface area contributed by atoms with Crippen LogP contribution in [0.5, 0.6) is 0 Å². The molecule has 6 heteroatoms. The molecule has 1 rings (SSSR count). The van der Waals surface area contributed by atoms with Crippen LogP contribution in [0, 0.1) is 5.92 Å². The Hall–Kier alpha value is -1.40. The lowest BCUT2D eigenvalue weighted by atomic mass is 10.1. The van der Waals surface area contributed by atoms with Crippen molar-refractivity contribution in [2.24, 2.45) is 5.92 Å². The van der Waals surface area contributed by atoms with E-state index >= 15 is 0 Å². The number of nitrogens with one attached hydrogen (secondary N) is 2. The maximum atomic E-state index is 11.9. The molecule has 0 aliphatic heterocycles. The predicted octanol–water partition coefficient (Wildman–Crippen LogP) is 1.45. The molecule has 3 N–H and O–H groups in total. The maximum absolute atomic E-state index is 11.9. The first kappa shape index (κ1) is 16.7. The Labute approximate surface area is 123 Å². The van der Waals surface area contributed by atoms with E-state index in [0.29, 0.717) is 0 Å². The van der Waals surface area contributed by atoms with E-state index in [4.69, 9.17) is 0 Å². The van der Waals surface area contributed by atoms with Gasteiger partial charge in [0, 0.05) is 18.3 Å². The molecule has 2 amide bonds. The van der Waals surface area contributed by atoms with Crippen LogP contribution in [0.1, 0.15) is 38.1 Å². The van der Waals surface area contributed by atoms with Gasteiger partial charge in [-0.3, -0.25) is 9.59 Å². The van der Waals surface area contributed by atoms with E-state index in [1.54, 1.807) is 0 Å². The SMILES string of the molecule is CC(=O)NC(CC(=O)NCC(O)C(C)C)c1cccs1. The molecule has 0 aliphatic carbocycles. The van der Waals surface area contributed by atoms with Gasteiger partial charge in [0.25, 0.3) is 0 Å². The van der Waals surface area contributed by atoms with Gasteiger partial charge in [-0.15, -0.1) is 11.3 Å². The van der Waals surface area contributed by atoms with Gasteiger partial charge in [-0.2, -0.15) is 0 Å². The van der Waals surface area contributed by atoms with E-state index in [0.717, 1.165) is 4.88 Å². The zero-order valence-electron chi connectivity index (χ0n) is 12.1. The van der Waals surface area contributed by atoms with Crippen LogP contribution < -0.4 is 10.6 Å². The summed E-state index contributed by atoms with van der Waals surface area (Å²) in [6.07, 6.45) is -0.384. The molecule has 0 saturated carbocycles. The Morgan fingerprint density at radius 2 is 2.10 bits per heavy atom. The topological polar surface area (TPSA) is 78.4 Å². The molecule has 1 aromatic rings. The van der Waals surface area contributed by atoms with E-state index in [1.807, 2.05) is 31.4 Å². The predicted molar refractivity (Wildman–Crippen MR) is 79.3 cm³/mol. The van der Waals surface area contributed by atoms with Crippen LogP contribution >= 0.6 is 11.3 Å². The van der Waals surface area contributed by atoms with Crippen molar-refractivity contribution in [3.63, 3.8) is 0 Å². The number of hydrogen-bond donors (Lipinski definition) is 3. The monoisotopic (exact) mass is 298 g/mol. The van der Waals surface area contributed by atoms with Crippen molar-refractivity contribution in [2.75, 3.05) is 6.54 Å². The summed E-state index contributed by atoms with van der Waals surface area (Å²) in [5, 5.41) is 17.0. The summed E-state index contributed by atoms with van der Waals surface area (Å²) in [7, 11) is 0. The average Bonchev–Trinajstić information content (AvgIpc) is 2.88. The summed E-state index contributed by atoms with van der Waals surface area (Å²) in [4.78, 5) is 24.0. The number of aliphatic hydroxyl groups is 1. The second-order valence-corrected chi connectivity index (χ2v) is 6.07. The summed E-state index contributed by atoms with van der Waals surface area (Å²) in [6, 6.07) is 3.46. The molecule has 112 valence electrons. The molecule has 1 heterocycles. The normalized spacial score (nSPS) is 13.8. The standard InChI is InChI=1S/C14H22N2O3S/c1-9(2)12(18)8-15-14(19)7-11(16-10(3)17)13-5-4-6-20-13/h4-6,9,11-12,18H,7-8H2,1-3H3,(H,15,19)(H,16,17). The summed E-state index contributed by atoms with van der Waals surface area (Å²) in [6.45, 7) is 5.44. The van der Waals surface area contributed by atoms with E-state index < -0.39 is 6.10 Å². The van der Waals surface area contributed by atoms with Crippen LogP contribution in [-0.4, -0.2) is 29.6 Å². The van der Waals surface area contributed by atoms with Crippen molar-refractivity contribution in [1.82, 2.24) is 10.6 Å². The van der Waals surface area contributed by atoms with Crippen LogP contribution in [0.3, 0.4) is 0 Å². The second kappa shape index (κ2) is 8.01. The number of aliphatic hydroxyl groups excluding tert-OH is 1. The van der Waals surface area contributed by atoms with Crippen molar-refractivity contribution in [3.05, 3.63) is 22.4 Å². The third kappa shape index (κ3) is 5.71. The molecule has 0 radical (unpaired) electrons. The molecule has 0 fully saturated rings.